The van der Waals surface area contributed by atoms with Crippen LogP contribution in [0.1, 0.15) is 12.8 Å². The van der Waals surface area contributed by atoms with Crippen molar-refractivity contribution in [3.05, 3.63) is 18.7 Å². The molecule has 1 aliphatic heterocycles. The number of rotatable bonds is 2. The molecular formula is C11H14N4O3. The SMILES string of the molecule is O=C(O)C1CCN(C(=O)Nc2cncnc2)CC1. The zero-order valence-electron chi connectivity index (χ0n) is 9.74. The van der Waals surface area contributed by atoms with Crippen molar-refractivity contribution in [1.29, 1.82) is 0 Å². The molecule has 18 heavy (non-hydrogen) atoms. The lowest BCUT2D eigenvalue weighted by Gasteiger charge is -2.30. The first-order chi connectivity index (χ1) is 8.66. The van der Waals surface area contributed by atoms with Crippen molar-refractivity contribution in [3.8, 4) is 0 Å². The fourth-order valence-corrected chi connectivity index (χ4v) is 1.90. The van der Waals surface area contributed by atoms with Gasteiger partial charge in [0.2, 0.25) is 0 Å². The number of piperidine rings is 1. The Hall–Kier alpha value is -2.18. The third-order valence-corrected chi connectivity index (χ3v) is 2.94. The largest absolute Gasteiger partial charge is 0.481 e. The summed E-state index contributed by atoms with van der Waals surface area (Å²) in [6, 6.07) is -0.242. The summed E-state index contributed by atoms with van der Waals surface area (Å²) in [6.45, 7) is 0.910. The number of hydrogen-bond donors (Lipinski definition) is 2. The van der Waals surface area contributed by atoms with Crippen LogP contribution in [0.2, 0.25) is 0 Å². The molecule has 2 heterocycles. The van der Waals surface area contributed by atoms with Crippen LogP contribution in [0.3, 0.4) is 0 Å². The molecule has 0 atom stereocenters. The summed E-state index contributed by atoms with van der Waals surface area (Å²) in [6.07, 6.45) is 5.39. The minimum Gasteiger partial charge on any atom is -0.481 e. The van der Waals surface area contributed by atoms with Gasteiger partial charge in [0.25, 0.3) is 0 Å². The number of hydrogen-bond acceptors (Lipinski definition) is 4. The summed E-state index contributed by atoms with van der Waals surface area (Å²) in [5, 5.41) is 11.5. The number of aromatic nitrogens is 2. The Morgan fingerprint density at radius 1 is 1.28 bits per heavy atom. The van der Waals surface area contributed by atoms with E-state index in [9.17, 15) is 9.59 Å². The van der Waals surface area contributed by atoms with E-state index >= 15 is 0 Å². The number of amides is 2. The van der Waals surface area contributed by atoms with E-state index in [2.05, 4.69) is 15.3 Å². The molecule has 1 aromatic heterocycles. The lowest BCUT2D eigenvalue weighted by Crippen LogP contribution is -2.42. The standard InChI is InChI=1S/C11H14N4O3/c16-10(17)8-1-3-15(4-2-8)11(18)14-9-5-12-7-13-6-9/h5-8H,1-4H2,(H,14,18)(H,16,17). The molecule has 0 radical (unpaired) electrons. The van der Waals surface area contributed by atoms with E-state index in [0.29, 0.717) is 31.6 Å². The Labute approximate surface area is 104 Å². The Kier molecular flexibility index (Phi) is 3.71. The summed E-state index contributed by atoms with van der Waals surface area (Å²) in [5.74, 6) is -1.12. The van der Waals surface area contributed by atoms with Crippen molar-refractivity contribution in [2.75, 3.05) is 18.4 Å². The van der Waals surface area contributed by atoms with E-state index < -0.39 is 5.97 Å². The number of anilines is 1. The van der Waals surface area contributed by atoms with Gasteiger partial charge in [-0.25, -0.2) is 14.8 Å². The van der Waals surface area contributed by atoms with Gasteiger partial charge in [0.05, 0.1) is 24.0 Å². The van der Waals surface area contributed by atoms with E-state index in [1.807, 2.05) is 0 Å². The lowest BCUT2D eigenvalue weighted by molar-refractivity contribution is -0.143. The van der Waals surface area contributed by atoms with Gasteiger partial charge in [-0.3, -0.25) is 4.79 Å². The average molecular weight is 250 g/mol. The Bertz CT molecular complexity index is 429. The third kappa shape index (κ3) is 2.93. The summed E-state index contributed by atoms with van der Waals surface area (Å²) >= 11 is 0. The maximum absolute atomic E-state index is 11.9. The van der Waals surface area contributed by atoms with Gasteiger partial charge in [-0.15, -0.1) is 0 Å². The molecule has 0 unspecified atom stereocenters. The molecular weight excluding hydrogens is 236 g/mol. The number of aliphatic carboxylic acids is 1. The van der Waals surface area contributed by atoms with E-state index in [1.54, 1.807) is 4.90 Å². The fourth-order valence-electron chi connectivity index (χ4n) is 1.90. The first kappa shape index (κ1) is 12.3. The van der Waals surface area contributed by atoms with Crippen molar-refractivity contribution >= 4 is 17.7 Å². The van der Waals surface area contributed by atoms with Crippen molar-refractivity contribution in [2.24, 2.45) is 5.92 Å². The lowest BCUT2D eigenvalue weighted by atomic mass is 9.97. The molecule has 7 nitrogen and oxygen atoms in total. The van der Waals surface area contributed by atoms with E-state index in [1.165, 1.54) is 18.7 Å². The summed E-state index contributed by atoms with van der Waals surface area (Å²) in [5.41, 5.74) is 0.530. The number of carbonyl (C=O) groups is 2. The molecule has 1 saturated heterocycles. The summed E-state index contributed by atoms with van der Waals surface area (Å²) < 4.78 is 0. The minimum atomic E-state index is -0.786. The Balaban J connectivity index is 1.86. The van der Waals surface area contributed by atoms with Crippen molar-refractivity contribution in [3.63, 3.8) is 0 Å². The predicted octanol–water partition coefficient (Wildman–Crippen LogP) is 0.805. The second kappa shape index (κ2) is 5.44. The van der Waals surface area contributed by atoms with E-state index in [-0.39, 0.29) is 11.9 Å². The van der Waals surface area contributed by atoms with Crippen LogP contribution in [0.15, 0.2) is 18.7 Å². The zero-order chi connectivity index (χ0) is 13.0. The maximum atomic E-state index is 11.9. The van der Waals surface area contributed by atoms with Gasteiger partial charge in [0.15, 0.2) is 0 Å². The molecule has 0 spiro atoms. The monoisotopic (exact) mass is 250 g/mol. The third-order valence-electron chi connectivity index (χ3n) is 2.94. The minimum absolute atomic E-state index is 0.242. The summed E-state index contributed by atoms with van der Waals surface area (Å²) in [7, 11) is 0. The van der Waals surface area contributed by atoms with Crippen molar-refractivity contribution in [2.45, 2.75) is 12.8 Å². The van der Waals surface area contributed by atoms with Gasteiger partial charge in [-0.2, -0.15) is 0 Å². The van der Waals surface area contributed by atoms with Gasteiger partial charge in [-0.05, 0) is 12.8 Å². The van der Waals surface area contributed by atoms with Crippen LogP contribution in [0.4, 0.5) is 10.5 Å². The van der Waals surface area contributed by atoms with Gasteiger partial charge in [0.1, 0.15) is 6.33 Å². The first-order valence-electron chi connectivity index (χ1n) is 5.70. The quantitative estimate of drug-likeness (QED) is 0.809. The fraction of sp³-hybridized carbons (Fsp3) is 0.455. The van der Waals surface area contributed by atoms with E-state index in [4.69, 9.17) is 5.11 Å². The number of carbonyl (C=O) groups excluding carboxylic acids is 1. The van der Waals surface area contributed by atoms with Crippen LogP contribution < -0.4 is 5.32 Å². The van der Waals surface area contributed by atoms with Crippen LogP contribution in [0, 0.1) is 5.92 Å². The van der Waals surface area contributed by atoms with Crippen LogP contribution in [-0.4, -0.2) is 45.1 Å². The molecule has 2 rings (SSSR count). The number of carboxylic acid groups (broad SMARTS) is 1. The topological polar surface area (TPSA) is 95.4 Å². The second-order valence-corrected chi connectivity index (χ2v) is 4.16. The van der Waals surface area contributed by atoms with Crippen molar-refractivity contribution < 1.29 is 14.7 Å². The maximum Gasteiger partial charge on any atom is 0.321 e. The van der Waals surface area contributed by atoms with Crippen molar-refractivity contribution in [1.82, 2.24) is 14.9 Å². The first-order valence-corrected chi connectivity index (χ1v) is 5.70. The number of nitrogens with zero attached hydrogens (tertiary/aromatic N) is 3. The normalized spacial score (nSPS) is 16.3. The molecule has 1 aromatic rings. The molecule has 0 aromatic carbocycles. The molecule has 0 bridgehead atoms. The zero-order valence-corrected chi connectivity index (χ0v) is 9.74. The Morgan fingerprint density at radius 3 is 2.44 bits per heavy atom. The molecule has 0 saturated carbocycles. The van der Waals surface area contributed by atoms with Gasteiger partial charge in [-0.1, -0.05) is 0 Å². The molecule has 2 amide bonds. The van der Waals surface area contributed by atoms with Gasteiger partial charge in [0, 0.05) is 13.1 Å². The van der Waals surface area contributed by atoms with Crippen LogP contribution in [0.5, 0.6) is 0 Å². The molecule has 1 aliphatic rings. The molecule has 1 fully saturated rings. The molecule has 0 aliphatic carbocycles. The Morgan fingerprint density at radius 2 is 1.89 bits per heavy atom. The number of likely N-dealkylation sites (tertiary alicyclic amines) is 1. The highest BCUT2D eigenvalue weighted by Crippen LogP contribution is 2.18. The summed E-state index contributed by atoms with van der Waals surface area (Å²) in [4.78, 5) is 31.8. The average Bonchev–Trinajstić information content (AvgIpc) is 2.40. The molecule has 96 valence electrons. The smallest absolute Gasteiger partial charge is 0.321 e. The van der Waals surface area contributed by atoms with Crippen LogP contribution in [0.25, 0.3) is 0 Å². The number of urea groups is 1. The second-order valence-electron chi connectivity index (χ2n) is 4.16. The number of nitrogens with one attached hydrogen (secondary N) is 1. The van der Waals surface area contributed by atoms with Crippen LogP contribution >= 0.6 is 0 Å². The highest BCUT2D eigenvalue weighted by atomic mass is 16.4. The number of carboxylic acids is 1. The van der Waals surface area contributed by atoms with E-state index in [0.717, 1.165) is 0 Å². The van der Waals surface area contributed by atoms with Gasteiger partial charge < -0.3 is 15.3 Å². The molecule has 2 N–H and O–H groups in total. The van der Waals surface area contributed by atoms with Crippen LogP contribution in [-0.2, 0) is 4.79 Å². The molecule has 7 heteroatoms. The van der Waals surface area contributed by atoms with Gasteiger partial charge >= 0.3 is 12.0 Å². The predicted molar refractivity (Wildman–Crippen MR) is 63.0 cm³/mol. The highest BCUT2D eigenvalue weighted by Gasteiger charge is 2.26. The highest BCUT2D eigenvalue weighted by molar-refractivity contribution is 5.89.